The van der Waals surface area contributed by atoms with Gasteiger partial charge in [-0.3, -0.25) is 9.36 Å². The van der Waals surface area contributed by atoms with Crippen LogP contribution in [0.5, 0.6) is 0 Å². The Labute approximate surface area is 371 Å². The zero-order valence-electron chi connectivity index (χ0n) is 39.9. The van der Waals surface area contributed by atoms with Crippen molar-refractivity contribution in [3.8, 4) is 0 Å². The van der Waals surface area contributed by atoms with Crippen LogP contribution in [0.3, 0.4) is 0 Å². The highest BCUT2D eigenvalue weighted by Crippen LogP contribution is 2.38. The van der Waals surface area contributed by atoms with Gasteiger partial charge in [-0.1, -0.05) is 191 Å². The van der Waals surface area contributed by atoms with Gasteiger partial charge in [0.2, 0.25) is 5.91 Å². The summed E-state index contributed by atoms with van der Waals surface area (Å²) in [7, 11) is 1.23. The maximum atomic E-state index is 12.9. The average Bonchev–Trinajstić information content (AvgIpc) is 3.20. The fourth-order valence-electron chi connectivity index (χ4n) is 7.00. The number of aliphatic hydroxyl groups is 1. The number of quaternary nitrogens is 1. The van der Waals surface area contributed by atoms with Crippen molar-refractivity contribution in [3.05, 3.63) is 48.6 Å². The molecule has 0 spiro atoms. The largest absolute Gasteiger partial charge is 0.756 e. The predicted molar refractivity (Wildman–Crippen MR) is 256 cm³/mol. The van der Waals surface area contributed by atoms with Gasteiger partial charge in [0, 0.05) is 6.42 Å². The molecule has 0 aromatic carbocycles. The zero-order valence-corrected chi connectivity index (χ0v) is 40.8. The van der Waals surface area contributed by atoms with E-state index in [1.165, 1.54) is 154 Å². The first kappa shape index (κ1) is 58.5. The van der Waals surface area contributed by atoms with Gasteiger partial charge in [0.1, 0.15) is 13.2 Å². The lowest BCUT2D eigenvalue weighted by Gasteiger charge is -2.29. The van der Waals surface area contributed by atoms with Gasteiger partial charge in [0.15, 0.2) is 0 Å². The van der Waals surface area contributed by atoms with Crippen molar-refractivity contribution in [1.29, 1.82) is 0 Å². The van der Waals surface area contributed by atoms with Gasteiger partial charge in [-0.05, 0) is 70.6 Å². The number of hydrogen-bond donors (Lipinski definition) is 2. The number of allylic oxidation sites excluding steroid dienone is 7. The molecule has 0 aliphatic carbocycles. The summed E-state index contributed by atoms with van der Waals surface area (Å²) >= 11 is 0. The van der Waals surface area contributed by atoms with Crippen LogP contribution in [0, 0.1) is 0 Å². The van der Waals surface area contributed by atoms with E-state index in [9.17, 15) is 19.4 Å². The number of nitrogens with one attached hydrogen (secondary N) is 1. The number of phosphoric ester groups is 1. The molecule has 9 heteroatoms. The third-order valence-corrected chi connectivity index (χ3v) is 12.0. The highest BCUT2D eigenvalue weighted by Gasteiger charge is 2.23. The SMILES string of the molecule is CCCCCCCCC/C=C/CC/C=C/CC/C=C/C(O)C(COP(=O)([O-])OCC[N+](C)(C)C)NC(=O)CCCCCCCCCCC/C=C\CCCCCCCCCC. The summed E-state index contributed by atoms with van der Waals surface area (Å²) < 4.78 is 23.2. The second kappa shape index (κ2) is 42.7. The van der Waals surface area contributed by atoms with Gasteiger partial charge < -0.3 is 28.8 Å². The monoisotopic (exact) mass is 865 g/mol. The summed E-state index contributed by atoms with van der Waals surface area (Å²) in [6.07, 6.45) is 54.5. The van der Waals surface area contributed by atoms with Crippen molar-refractivity contribution in [2.45, 2.75) is 231 Å². The third kappa shape index (κ3) is 44.5. The van der Waals surface area contributed by atoms with E-state index in [2.05, 4.69) is 55.6 Å². The molecule has 8 nitrogen and oxygen atoms in total. The predicted octanol–water partition coefficient (Wildman–Crippen LogP) is 13.8. The van der Waals surface area contributed by atoms with E-state index in [1.807, 2.05) is 27.2 Å². The second-order valence-corrected chi connectivity index (χ2v) is 19.6. The molecule has 0 aliphatic rings. The fourth-order valence-corrected chi connectivity index (χ4v) is 7.73. The molecule has 0 saturated carbocycles. The third-order valence-electron chi connectivity index (χ3n) is 11.0. The number of nitrogens with zero attached hydrogens (tertiary/aromatic N) is 1. The summed E-state index contributed by atoms with van der Waals surface area (Å²) in [5.41, 5.74) is 0. The molecule has 2 N–H and O–H groups in total. The Bertz CT molecular complexity index is 1120. The van der Waals surface area contributed by atoms with Crippen LogP contribution >= 0.6 is 7.82 Å². The first-order chi connectivity index (χ1) is 29.0. The number of likely N-dealkylation sites (N-methyl/N-ethyl adjacent to an activating group) is 1. The first-order valence-electron chi connectivity index (χ1n) is 25.0. The van der Waals surface area contributed by atoms with Gasteiger partial charge in [-0.2, -0.15) is 0 Å². The summed E-state index contributed by atoms with van der Waals surface area (Å²) in [6, 6.07) is -0.910. The van der Waals surface area contributed by atoms with Crippen LogP contribution in [0.15, 0.2) is 48.6 Å². The van der Waals surface area contributed by atoms with Crippen LogP contribution in [0.25, 0.3) is 0 Å². The molecule has 0 radical (unpaired) electrons. The number of rotatable bonds is 45. The molecule has 0 bridgehead atoms. The smallest absolute Gasteiger partial charge is 0.268 e. The molecule has 0 aliphatic heterocycles. The quantitative estimate of drug-likeness (QED) is 0.0273. The molecular weight excluding hydrogens is 768 g/mol. The Balaban J connectivity index is 4.39. The minimum atomic E-state index is -4.60. The molecular formula is C51H97N2O6P. The molecule has 0 aromatic heterocycles. The number of hydrogen-bond acceptors (Lipinski definition) is 6. The summed E-state index contributed by atoms with van der Waals surface area (Å²) in [4.78, 5) is 25.4. The molecule has 3 unspecified atom stereocenters. The molecule has 0 aromatic rings. The van der Waals surface area contributed by atoms with Crippen molar-refractivity contribution in [3.63, 3.8) is 0 Å². The van der Waals surface area contributed by atoms with E-state index in [4.69, 9.17) is 9.05 Å². The minimum absolute atomic E-state index is 0.0100. The van der Waals surface area contributed by atoms with Gasteiger partial charge in [-0.15, -0.1) is 0 Å². The number of aliphatic hydroxyl groups excluding tert-OH is 1. The maximum absolute atomic E-state index is 12.9. The van der Waals surface area contributed by atoms with E-state index < -0.39 is 26.6 Å². The lowest BCUT2D eigenvalue weighted by atomic mass is 10.0. The topological polar surface area (TPSA) is 108 Å². The number of amides is 1. The van der Waals surface area contributed by atoms with Crippen molar-refractivity contribution in [1.82, 2.24) is 5.32 Å². The van der Waals surface area contributed by atoms with E-state index in [0.29, 0.717) is 17.4 Å². The Kier molecular flexibility index (Phi) is 41.6. The molecule has 0 heterocycles. The Morgan fingerprint density at radius 2 is 0.933 bits per heavy atom. The summed E-state index contributed by atoms with van der Waals surface area (Å²) in [5.74, 6) is -0.214. The number of carbonyl (C=O) groups is 1. The zero-order chi connectivity index (χ0) is 44.3. The highest BCUT2D eigenvalue weighted by molar-refractivity contribution is 7.45. The Morgan fingerprint density at radius 3 is 1.35 bits per heavy atom. The summed E-state index contributed by atoms with van der Waals surface area (Å²) in [5, 5.41) is 13.8. The lowest BCUT2D eigenvalue weighted by molar-refractivity contribution is -0.870. The van der Waals surface area contributed by atoms with Crippen molar-refractivity contribution in [2.24, 2.45) is 0 Å². The molecule has 352 valence electrons. The van der Waals surface area contributed by atoms with Gasteiger partial charge >= 0.3 is 0 Å². The average molecular weight is 865 g/mol. The van der Waals surface area contributed by atoms with Crippen LogP contribution in [0.2, 0.25) is 0 Å². The fraction of sp³-hybridized carbons (Fsp3) is 0.824. The van der Waals surface area contributed by atoms with Crippen molar-refractivity contribution in [2.75, 3.05) is 40.9 Å². The van der Waals surface area contributed by atoms with Crippen LogP contribution in [0.1, 0.15) is 219 Å². The molecule has 0 saturated heterocycles. The second-order valence-electron chi connectivity index (χ2n) is 18.1. The van der Waals surface area contributed by atoms with Crippen LogP contribution in [-0.2, 0) is 18.4 Å². The lowest BCUT2D eigenvalue weighted by Crippen LogP contribution is -2.45. The van der Waals surface area contributed by atoms with Crippen molar-refractivity contribution < 1.29 is 32.9 Å². The first-order valence-corrected chi connectivity index (χ1v) is 26.5. The van der Waals surface area contributed by atoms with E-state index in [0.717, 1.165) is 44.9 Å². The Morgan fingerprint density at radius 1 is 0.567 bits per heavy atom. The maximum Gasteiger partial charge on any atom is 0.268 e. The van der Waals surface area contributed by atoms with Crippen LogP contribution in [-0.4, -0.2) is 68.5 Å². The van der Waals surface area contributed by atoms with Gasteiger partial charge in [0.25, 0.3) is 7.82 Å². The molecule has 1 amide bonds. The highest BCUT2D eigenvalue weighted by atomic mass is 31.2. The van der Waals surface area contributed by atoms with Gasteiger partial charge in [-0.25, -0.2) is 0 Å². The van der Waals surface area contributed by atoms with Crippen LogP contribution in [0.4, 0.5) is 0 Å². The normalized spacial score (nSPS) is 14.6. The number of unbranched alkanes of at least 4 members (excludes halogenated alkanes) is 26. The molecule has 3 atom stereocenters. The minimum Gasteiger partial charge on any atom is -0.756 e. The van der Waals surface area contributed by atoms with Gasteiger partial charge in [0.05, 0.1) is 39.9 Å². The number of phosphoric acid groups is 1. The van der Waals surface area contributed by atoms with Crippen LogP contribution < -0.4 is 10.2 Å². The number of carbonyl (C=O) groups excluding carboxylic acids is 1. The Hall–Kier alpha value is -1.54. The van der Waals surface area contributed by atoms with E-state index in [1.54, 1.807) is 6.08 Å². The standard InChI is InChI=1S/C51H97N2O6P/c1-6-8-10-12-14-16-18-20-22-24-25-26-27-29-31-33-35-37-39-41-43-45-51(55)52-49(48-59-60(56,57)58-47-46-53(3,4)5)50(54)44-42-40-38-36-34-32-30-28-23-21-19-17-15-13-11-9-7-2/h23-25,28,34,36,42,44,49-50,54H,6-22,26-27,29-33,35,37-41,43,45-48H2,1-5H3,(H-,52,55,56,57)/b25-24-,28-23+,36-34+,44-42+. The summed E-state index contributed by atoms with van der Waals surface area (Å²) in [6.45, 7) is 4.61. The molecule has 0 fully saturated rings. The van der Waals surface area contributed by atoms with Crippen molar-refractivity contribution >= 4 is 13.7 Å². The molecule has 0 rings (SSSR count). The molecule has 60 heavy (non-hydrogen) atoms. The van der Waals surface area contributed by atoms with E-state index in [-0.39, 0.29) is 12.5 Å². The van der Waals surface area contributed by atoms with E-state index >= 15 is 0 Å².